The molecule has 2 rings (SSSR count). The number of hydrogen-bond donors (Lipinski definition) is 2. The third-order valence-corrected chi connectivity index (χ3v) is 3.08. The van der Waals surface area contributed by atoms with Crippen LogP contribution in [0.3, 0.4) is 0 Å². The summed E-state index contributed by atoms with van der Waals surface area (Å²) >= 11 is 0. The van der Waals surface area contributed by atoms with Gasteiger partial charge in [0, 0.05) is 11.4 Å². The molecule has 3 heteroatoms. The first-order valence-electron chi connectivity index (χ1n) is 6.47. The van der Waals surface area contributed by atoms with Gasteiger partial charge in [-0.15, -0.1) is 0 Å². The summed E-state index contributed by atoms with van der Waals surface area (Å²) in [6.45, 7) is 8.56. The van der Waals surface area contributed by atoms with Crippen molar-refractivity contribution in [3.05, 3.63) is 47.7 Å². The molecule has 1 aromatic heterocycles. The van der Waals surface area contributed by atoms with Crippen molar-refractivity contribution in [2.45, 2.75) is 33.1 Å². The molecule has 1 aromatic carbocycles. The molecule has 19 heavy (non-hydrogen) atoms. The van der Waals surface area contributed by atoms with Crippen LogP contribution >= 0.6 is 0 Å². The molecule has 0 saturated heterocycles. The van der Waals surface area contributed by atoms with E-state index < -0.39 is 0 Å². The van der Waals surface area contributed by atoms with Crippen LogP contribution in [0, 0.1) is 6.92 Å². The lowest BCUT2D eigenvalue weighted by Crippen LogP contribution is -2.10. The predicted molar refractivity (Wildman–Crippen MR) is 81.8 cm³/mol. The van der Waals surface area contributed by atoms with Crippen LogP contribution < -0.4 is 11.1 Å². The molecule has 0 aliphatic carbocycles. The van der Waals surface area contributed by atoms with Crippen LogP contribution in [0.25, 0.3) is 0 Å². The van der Waals surface area contributed by atoms with E-state index in [1.165, 1.54) is 5.56 Å². The van der Waals surface area contributed by atoms with Crippen LogP contribution in [0.1, 0.15) is 32.0 Å². The van der Waals surface area contributed by atoms with Crippen LogP contribution in [0.2, 0.25) is 0 Å². The normalized spacial score (nSPS) is 11.4. The van der Waals surface area contributed by atoms with E-state index in [0.717, 1.165) is 11.4 Å². The molecule has 2 aromatic rings. The standard InChI is InChI=1S/C16H21N3/c1-11-5-10-14(17)15(18-11)19-13-8-6-12(7-9-13)16(2,3)4/h5-10H,17H2,1-4H3,(H,18,19). The van der Waals surface area contributed by atoms with Gasteiger partial charge in [0.2, 0.25) is 0 Å². The van der Waals surface area contributed by atoms with Crippen LogP contribution in [0.4, 0.5) is 17.2 Å². The fourth-order valence-electron chi connectivity index (χ4n) is 1.86. The number of nitrogens with zero attached hydrogens (tertiary/aromatic N) is 1. The Hall–Kier alpha value is -2.03. The fourth-order valence-corrected chi connectivity index (χ4v) is 1.86. The number of aromatic nitrogens is 1. The summed E-state index contributed by atoms with van der Waals surface area (Å²) in [6, 6.07) is 12.2. The quantitative estimate of drug-likeness (QED) is 0.852. The Bertz CT molecular complexity index is 566. The molecule has 0 spiro atoms. The predicted octanol–water partition coefficient (Wildman–Crippen LogP) is 4.01. The summed E-state index contributed by atoms with van der Waals surface area (Å²) in [5.74, 6) is 0.712. The first-order valence-corrected chi connectivity index (χ1v) is 6.47. The van der Waals surface area contributed by atoms with Gasteiger partial charge < -0.3 is 11.1 Å². The zero-order valence-electron chi connectivity index (χ0n) is 12.0. The van der Waals surface area contributed by atoms with Gasteiger partial charge in [-0.05, 0) is 42.2 Å². The number of nitrogens with one attached hydrogen (secondary N) is 1. The zero-order valence-corrected chi connectivity index (χ0v) is 12.0. The Morgan fingerprint density at radius 2 is 1.63 bits per heavy atom. The summed E-state index contributed by atoms with van der Waals surface area (Å²) in [4.78, 5) is 4.40. The molecule has 1 heterocycles. The van der Waals surface area contributed by atoms with E-state index in [-0.39, 0.29) is 5.41 Å². The highest BCUT2D eigenvalue weighted by Gasteiger charge is 2.13. The molecule has 0 amide bonds. The second kappa shape index (κ2) is 4.92. The minimum Gasteiger partial charge on any atom is -0.396 e. The van der Waals surface area contributed by atoms with E-state index in [4.69, 9.17) is 5.73 Å². The Labute approximate surface area is 114 Å². The lowest BCUT2D eigenvalue weighted by atomic mass is 9.87. The molecule has 0 atom stereocenters. The summed E-state index contributed by atoms with van der Waals surface area (Å²) in [7, 11) is 0. The third kappa shape index (κ3) is 3.25. The molecule has 3 N–H and O–H groups in total. The van der Waals surface area contributed by atoms with Crippen LogP contribution in [0.5, 0.6) is 0 Å². The number of anilines is 3. The number of nitrogens with two attached hydrogens (primary N) is 1. The van der Waals surface area contributed by atoms with E-state index >= 15 is 0 Å². The lowest BCUT2D eigenvalue weighted by Gasteiger charge is -2.19. The summed E-state index contributed by atoms with van der Waals surface area (Å²) in [6.07, 6.45) is 0. The lowest BCUT2D eigenvalue weighted by molar-refractivity contribution is 0.590. The van der Waals surface area contributed by atoms with Gasteiger partial charge in [0.15, 0.2) is 5.82 Å². The summed E-state index contributed by atoms with van der Waals surface area (Å²) in [5.41, 5.74) is 9.99. The van der Waals surface area contributed by atoms with Crippen molar-refractivity contribution in [2.24, 2.45) is 0 Å². The molecular weight excluding hydrogens is 234 g/mol. The monoisotopic (exact) mass is 255 g/mol. The smallest absolute Gasteiger partial charge is 0.153 e. The molecule has 0 aliphatic heterocycles. The minimum atomic E-state index is 0.166. The van der Waals surface area contributed by atoms with Crippen LogP contribution in [-0.4, -0.2) is 4.98 Å². The average molecular weight is 255 g/mol. The van der Waals surface area contributed by atoms with E-state index in [9.17, 15) is 0 Å². The Balaban J connectivity index is 2.22. The molecule has 0 saturated carbocycles. The fraction of sp³-hybridized carbons (Fsp3) is 0.312. The summed E-state index contributed by atoms with van der Waals surface area (Å²) in [5, 5.41) is 3.26. The van der Waals surface area contributed by atoms with E-state index in [2.05, 4.69) is 55.3 Å². The van der Waals surface area contributed by atoms with Crippen molar-refractivity contribution in [3.63, 3.8) is 0 Å². The highest BCUT2D eigenvalue weighted by Crippen LogP contribution is 2.26. The van der Waals surface area contributed by atoms with Gasteiger partial charge in [-0.1, -0.05) is 32.9 Å². The number of hydrogen-bond acceptors (Lipinski definition) is 3. The van der Waals surface area contributed by atoms with Gasteiger partial charge in [0.05, 0.1) is 5.69 Å². The molecular formula is C16H21N3. The molecule has 0 fully saturated rings. The van der Waals surface area contributed by atoms with E-state index in [0.29, 0.717) is 11.5 Å². The number of nitrogen functional groups attached to an aromatic ring is 1. The highest BCUT2D eigenvalue weighted by molar-refractivity contribution is 5.68. The number of benzene rings is 1. The number of pyridine rings is 1. The average Bonchev–Trinajstić information content (AvgIpc) is 2.33. The zero-order chi connectivity index (χ0) is 14.0. The SMILES string of the molecule is Cc1ccc(N)c(Nc2ccc(C(C)(C)C)cc2)n1. The molecule has 100 valence electrons. The minimum absolute atomic E-state index is 0.166. The van der Waals surface area contributed by atoms with Crippen molar-refractivity contribution in [1.29, 1.82) is 0 Å². The third-order valence-electron chi connectivity index (χ3n) is 3.08. The maximum Gasteiger partial charge on any atom is 0.153 e. The topological polar surface area (TPSA) is 50.9 Å². The van der Waals surface area contributed by atoms with Gasteiger partial charge in [0.1, 0.15) is 0 Å². The largest absolute Gasteiger partial charge is 0.396 e. The molecule has 0 radical (unpaired) electrons. The molecule has 0 aliphatic rings. The molecule has 0 unspecified atom stereocenters. The van der Waals surface area contributed by atoms with Crippen molar-refractivity contribution in [2.75, 3.05) is 11.1 Å². The number of rotatable bonds is 2. The summed E-state index contributed by atoms with van der Waals surface area (Å²) < 4.78 is 0. The second-order valence-electron chi connectivity index (χ2n) is 5.84. The first kappa shape index (κ1) is 13.4. The Morgan fingerprint density at radius 3 is 2.21 bits per heavy atom. The first-order chi connectivity index (χ1) is 8.86. The van der Waals surface area contributed by atoms with Crippen LogP contribution in [0.15, 0.2) is 36.4 Å². The molecule has 0 bridgehead atoms. The van der Waals surface area contributed by atoms with Gasteiger partial charge in [0.25, 0.3) is 0 Å². The second-order valence-corrected chi connectivity index (χ2v) is 5.84. The van der Waals surface area contributed by atoms with Crippen molar-refractivity contribution in [3.8, 4) is 0 Å². The Morgan fingerprint density at radius 1 is 1.00 bits per heavy atom. The van der Waals surface area contributed by atoms with Gasteiger partial charge in [-0.3, -0.25) is 0 Å². The Kier molecular flexibility index (Phi) is 3.47. The van der Waals surface area contributed by atoms with Gasteiger partial charge >= 0.3 is 0 Å². The van der Waals surface area contributed by atoms with E-state index in [1.807, 2.05) is 19.1 Å². The van der Waals surface area contributed by atoms with Gasteiger partial charge in [-0.25, -0.2) is 4.98 Å². The van der Waals surface area contributed by atoms with Gasteiger partial charge in [-0.2, -0.15) is 0 Å². The van der Waals surface area contributed by atoms with Crippen molar-refractivity contribution < 1.29 is 0 Å². The molecule has 3 nitrogen and oxygen atoms in total. The van der Waals surface area contributed by atoms with E-state index in [1.54, 1.807) is 0 Å². The van der Waals surface area contributed by atoms with Crippen molar-refractivity contribution >= 4 is 17.2 Å². The number of aryl methyl sites for hydroxylation is 1. The maximum atomic E-state index is 5.91. The highest BCUT2D eigenvalue weighted by atomic mass is 15.0. The van der Waals surface area contributed by atoms with Crippen molar-refractivity contribution in [1.82, 2.24) is 4.98 Å². The maximum absolute atomic E-state index is 5.91. The van der Waals surface area contributed by atoms with Crippen LogP contribution in [-0.2, 0) is 5.41 Å².